The van der Waals surface area contributed by atoms with Crippen molar-refractivity contribution in [3.8, 4) is 22.6 Å². The van der Waals surface area contributed by atoms with Crippen molar-refractivity contribution < 1.29 is 18.3 Å². The van der Waals surface area contributed by atoms with Gasteiger partial charge in [-0.15, -0.1) is 0 Å². The van der Waals surface area contributed by atoms with Crippen LogP contribution >= 0.6 is 11.6 Å². The van der Waals surface area contributed by atoms with Gasteiger partial charge in [0.15, 0.2) is 11.5 Å². The molecule has 2 aromatic carbocycles. The quantitative estimate of drug-likeness (QED) is 0.821. The molecule has 0 aromatic heterocycles. The predicted molar refractivity (Wildman–Crippen MR) is 97.2 cm³/mol. The summed E-state index contributed by atoms with van der Waals surface area (Å²) in [6.45, 7) is 4.04. The van der Waals surface area contributed by atoms with Gasteiger partial charge in [-0.1, -0.05) is 11.6 Å². The molecule has 0 spiro atoms. The van der Waals surface area contributed by atoms with E-state index in [9.17, 15) is 8.78 Å². The van der Waals surface area contributed by atoms with Gasteiger partial charge in [0.2, 0.25) is 0 Å². The number of halogens is 3. The minimum atomic E-state index is -0.688. The first-order valence-corrected chi connectivity index (χ1v) is 9.29. The summed E-state index contributed by atoms with van der Waals surface area (Å²) in [5.41, 5.74) is 1.29. The number of rotatable bonds is 3. The maximum atomic E-state index is 14.5. The van der Waals surface area contributed by atoms with Gasteiger partial charge in [0.1, 0.15) is 17.7 Å². The topological polar surface area (TPSA) is 30.5 Å². The van der Waals surface area contributed by atoms with Crippen LogP contribution in [0.2, 0.25) is 5.02 Å². The number of ether oxygens (including phenoxy) is 2. The highest BCUT2D eigenvalue weighted by Gasteiger charge is 2.37. The largest absolute Gasteiger partial charge is 0.490 e. The SMILES string of the molecule is CCOc1cc(-c2c(F)cc(Cl)cc2F)cc2c1OC1CCCNC[C@@H]21. The highest BCUT2D eigenvalue weighted by atomic mass is 35.5. The molecule has 1 N–H and O–H groups in total. The van der Waals surface area contributed by atoms with E-state index < -0.39 is 11.6 Å². The van der Waals surface area contributed by atoms with Crippen LogP contribution in [0.4, 0.5) is 8.78 Å². The first-order chi connectivity index (χ1) is 12.6. The van der Waals surface area contributed by atoms with Crippen LogP contribution in [0.5, 0.6) is 11.5 Å². The molecule has 2 atom stereocenters. The highest BCUT2D eigenvalue weighted by Crippen LogP contribution is 2.48. The Hall–Kier alpha value is -1.85. The lowest BCUT2D eigenvalue weighted by atomic mass is 9.91. The molecule has 2 heterocycles. The van der Waals surface area contributed by atoms with Crippen LogP contribution in [0, 0.1) is 11.6 Å². The van der Waals surface area contributed by atoms with Crippen molar-refractivity contribution >= 4 is 11.6 Å². The summed E-state index contributed by atoms with van der Waals surface area (Å²) in [6.07, 6.45) is 2.04. The Morgan fingerprint density at radius 3 is 2.73 bits per heavy atom. The fraction of sp³-hybridized carbons (Fsp3) is 0.400. The lowest BCUT2D eigenvalue weighted by molar-refractivity contribution is 0.191. The highest BCUT2D eigenvalue weighted by molar-refractivity contribution is 6.30. The molecule has 2 aliphatic rings. The molecule has 1 saturated heterocycles. The summed E-state index contributed by atoms with van der Waals surface area (Å²) in [6, 6.07) is 5.72. The van der Waals surface area contributed by atoms with E-state index in [1.54, 1.807) is 6.07 Å². The number of hydrogen-bond acceptors (Lipinski definition) is 3. The van der Waals surface area contributed by atoms with E-state index >= 15 is 0 Å². The Labute approximate surface area is 156 Å². The molecule has 0 radical (unpaired) electrons. The molecular formula is C20H20ClF2NO2. The second kappa shape index (κ2) is 7.05. The minimum Gasteiger partial charge on any atom is -0.490 e. The van der Waals surface area contributed by atoms with E-state index in [0.29, 0.717) is 23.7 Å². The van der Waals surface area contributed by atoms with Gasteiger partial charge in [0, 0.05) is 23.0 Å². The summed E-state index contributed by atoms with van der Waals surface area (Å²) in [4.78, 5) is 0. The molecule has 6 heteroatoms. The summed E-state index contributed by atoms with van der Waals surface area (Å²) >= 11 is 5.76. The monoisotopic (exact) mass is 379 g/mol. The Morgan fingerprint density at radius 2 is 2.00 bits per heavy atom. The van der Waals surface area contributed by atoms with E-state index in [0.717, 1.165) is 43.6 Å². The summed E-state index contributed by atoms with van der Waals surface area (Å²) in [5, 5.41) is 3.45. The van der Waals surface area contributed by atoms with Gasteiger partial charge in [-0.3, -0.25) is 0 Å². The van der Waals surface area contributed by atoms with Gasteiger partial charge >= 0.3 is 0 Å². The van der Waals surface area contributed by atoms with Crippen LogP contribution in [0.3, 0.4) is 0 Å². The van der Waals surface area contributed by atoms with E-state index in [-0.39, 0.29) is 22.6 Å². The molecular weight excluding hydrogens is 360 g/mol. The number of nitrogens with one attached hydrogen (secondary N) is 1. The molecule has 138 valence electrons. The molecule has 2 aliphatic heterocycles. The zero-order valence-electron chi connectivity index (χ0n) is 14.5. The molecule has 0 aliphatic carbocycles. The van der Waals surface area contributed by atoms with Crippen molar-refractivity contribution in [2.24, 2.45) is 0 Å². The molecule has 0 bridgehead atoms. The van der Waals surface area contributed by atoms with Gasteiger partial charge < -0.3 is 14.8 Å². The average molecular weight is 380 g/mol. The van der Waals surface area contributed by atoms with Gasteiger partial charge in [0.05, 0.1) is 12.2 Å². The minimum absolute atomic E-state index is 0.0336. The van der Waals surface area contributed by atoms with Crippen molar-refractivity contribution in [3.05, 3.63) is 46.5 Å². The van der Waals surface area contributed by atoms with E-state index in [1.807, 2.05) is 13.0 Å². The van der Waals surface area contributed by atoms with Crippen molar-refractivity contribution in [2.45, 2.75) is 31.8 Å². The van der Waals surface area contributed by atoms with Crippen LogP contribution in [-0.2, 0) is 0 Å². The normalized spacial score (nSPS) is 21.5. The molecule has 4 rings (SSSR count). The first kappa shape index (κ1) is 17.6. The zero-order valence-corrected chi connectivity index (χ0v) is 15.2. The van der Waals surface area contributed by atoms with Gasteiger partial charge in [0.25, 0.3) is 0 Å². The first-order valence-electron chi connectivity index (χ1n) is 8.91. The second-order valence-corrected chi connectivity index (χ2v) is 7.12. The zero-order chi connectivity index (χ0) is 18.3. The van der Waals surface area contributed by atoms with E-state index in [2.05, 4.69) is 5.32 Å². The van der Waals surface area contributed by atoms with Crippen molar-refractivity contribution in [3.63, 3.8) is 0 Å². The molecule has 2 aromatic rings. The van der Waals surface area contributed by atoms with E-state index in [4.69, 9.17) is 21.1 Å². The van der Waals surface area contributed by atoms with Crippen LogP contribution in [0.25, 0.3) is 11.1 Å². The summed E-state index contributed by atoms with van der Waals surface area (Å²) < 4.78 is 40.8. The maximum absolute atomic E-state index is 14.5. The Balaban J connectivity index is 1.86. The van der Waals surface area contributed by atoms with Crippen LogP contribution < -0.4 is 14.8 Å². The lowest BCUT2D eigenvalue weighted by Gasteiger charge is -2.15. The third kappa shape index (κ3) is 3.03. The van der Waals surface area contributed by atoms with Gasteiger partial charge in [-0.25, -0.2) is 8.78 Å². The smallest absolute Gasteiger partial charge is 0.165 e. The molecule has 0 amide bonds. The molecule has 1 unspecified atom stereocenters. The van der Waals surface area contributed by atoms with Crippen molar-refractivity contribution in [1.29, 1.82) is 0 Å². The second-order valence-electron chi connectivity index (χ2n) is 6.68. The Kier molecular flexibility index (Phi) is 4.76. The fourth-order valence-electron chi connectivity index (χ4n) is 3.87. The van der Waals surface area contributed by atoms with Crippen molar-refractivity contribution in [1.82, 2.24) is 5.32 Å². The molecule has 3 nitrogen and oxygen atoms in total. The van der Waals surface area contributed by atoms with Crippen LogP contribution in [0.1, 0.15) is 31.2 Å². The fourth-order valence-corrected chi connectivity index (χ4v) is 4.06. The summed E-state index contributed by atoms with van der Waals surface area (Å²) in [7, 11) is 0. The van der Waals surface area contributed by atoms with Crippen molar-refractivity contribution in [2.75, 3.05) is 19.7 Å². The molecule has 1 fully saturated rings. The Bertz CT molecular complexity index is 820. The maximum Gasteiger partial charge on any atom is 0.165 e. The number of fused-ring (bicyclic) bond motifs is 3. The van der Waals surface area contributed by atoms with E-state index in [1.165, 1.54) is 0 Å². The van der Waals surface area contributed by atoms with Gasteiger partial charge in [-0.2, -0.15) is 0 Å². The third-order valence-electron chi connectivity index (χ3n) is 5.00. The third-order valence-corrected chi connectivity index (χ3v) is 5.22. The van der Waals surface area contributed by atoms with Crippen LogP contribution in [0.15, 0.2) is 24.3 Å². The standard InChI is InChI=1S/C20H20ClF2NO2/c1-2-25-18-7-11(19-15(22)8-12(21)9-16(19)23)6-13-14-10-24-5-3-4-17(14)26-20(13)18/h6-9,14,17,24H,2-5,10H2,1H3/t14-,17?/m0/s1. The lowest BCUT2D eigenvalue weighted by Crippen LogP contribution is -2.24. The van der Waals surface area contributed by atoms with Gasteiger partial charge in [-0.05, 0) is 56.1 Å². The van der Waals surface area contributed by atoms with Crippen LogP contribution in [-0.4, -0.2) is 25.8 Å². The predicted octanol–water partition coefficient (Wildman–Crippen LogP) is 4.91. The molecule has 26 heavy (non-hydrogen) atoms. The average Bonchev–Trinajstić information content (AvgIpc) is 2.77. The molecule has 0 saturated carbocycles. The summed E-state index contributed by atoms with van der Waals surface area (Å²) in [5.74, 6) is -0.00491. The number of benzene rings is 2. The number of hydrogen-bond donors (Lipinski definition) is 1. The Morgan fingerprint density at radius 1 is 1.23 bits per heavy atom.